The molecule has 0 aliphatic carbocycles. The molecule has 0 bridgehead atoms. The van der Waals surface area contributed by atoms with Gasteiger partial charge in [0.05, 0.1) is 18.8 Å². The number of thiazole rings is 1. The van der Waals surface area contributed by atoms with Gasteiger partial charge in [0.2, 0.25) is 0 Å². The Morgan fingerprint density at radius 2 is 2.22 bits per heavy atom. The van der Waals surface area contributed by atoms with E-state index in [-0.39, 0.29) is 12.0 Å². The average Bonchev–Trinajstić information content (AvgIpc) is 2.86. The van der Waals surface area contributed by atoms with Crippen molar-refractivity contribution in [3.63, 3.8) is 0 Å². The van der Waals surface area contributed by atoms with Crippen LogP contribution in [-0.4, -0.2) is 34.2 Å². The van der Waals surface area contributed by atoms with Gasteiger partial charge in [-0.3, -0.25) is 4.90 Å². The number of aliphatic hydroxyl groups excluding tert-OH is 1. The smallest absolute Gasteiger partial charge is 0.107 e. The van der Waals surface area contributed by atoms with Crippen LogP contribution in [-0.2, 0) is 12.0 Å². The molecular weight excluding hydrogens is 244 g/mol. The molecule has 2 atom stereocenters. The van der Waals surface area contributed by atoms with Crippen LogP contribution >= 0.6 is 11.3 Å². The summed E-state index contributed by atoms with van der Waals surface area (Å²) in [5.74, 6) is 0.594. The van der Waals surface area contributed by atoms with Gasteiger partial charge in [-0.1, -0.05) is 27.7 Å². The Morgan fingerprint density at radius 1 is 1.50 bits per heavy atom. The summed E-state index contributed by atoms with van der Waals surface area (Å²) in [6, 6.07) is 0.312. The monoisotopic (exact) mass is 268 g/mol. The lowest BCUT2D eigenvalue weighted by atomic mass is 9.93. The molecule has 1 aliphatic heterocycles. The lowest BCUT2D eigenvalue weighted by molar-refractivity contribution is 0.134. The second-order valence-corrected chi connectivity index (χ2v) is 7.31. The first-order valence-corrected chi connectivity index (χ1v) is 7.59. The standard InChI is InChI=1S/C14H24N2OS/c1-10-5-6-16(11(10)8-17)7-13-15-12(9-18-13)14(2,3)4/h9-11,17H,5-8H2,1-4H3. The van der Waals surface area contributed by atoms with Crippen molar-refractivity contribution in [3.8, 4) is 0 Å². The third-order valence-corrected chi connectivity index (χ3v) is 4.68. The summed E-state index contributed by atoms with van der Waals surface area (Å²) >= 11 is 1.74. The zero-order valence-corrected chi connectivity index (χ0v) is 12.6. The lowest BCUT2D eigenvalue weighted by Gasteiger charge is -2.23. The second-order valence-electron chi connectivity index (χ2n) is 6.36. The first-order chi connectivity index (χ1) is 8.41. The molecule has 1 aromatic heterocycles. The largest absolute Gasteiger partial charge is 0.395 e. The molecule has 2 rings (SSSR count). The number of nitrogens with zero attached hydrogens (tertiary/aromatic N) is 2. The van der Waals surface area contributed by atoms with Crippen LogP contribution in [0.4, 0.5) is 0 Å². The fraction of sp³-hybridized carbons (Fsp3) is 0.786. The van der Waals surface area contributed by atoms with Crippen molar-refractivity contribution in [1.82, 2.24) is 9.88 Å². The molecule has 1 saturated heterocycles. The highest BCUT2D eigenvalue weighted by Crippen LogP contribution is 2.28. The van der Waals surface area contributed by atoms with E-state index >= 15 is 0 Å². The quantitative estimate of drug-likeness (QED) is 0.915. The summed E-state index contributed by atoms with van der Waals surface area (Å²) < 4.78 is 0. The molecule has 0 spiro atoms. The van der Waals surface area contributed by atoms with Gasteiger partial charge in [-0.2, -0.15) is 0 Å². The maximum absolute atomic E-state index is 9.46. The maximum atomic E-state index is 9.46. The van der Waals surface area contributed by atoms with Gasteiger partial charge in [-0.05, 0) is 18.9 Å². The summed E-state index contributed by atoms with van der Waals surface area (Å²) in [7, 11) is 0. The van der Waals surface area contributed by atoms with E-state index in [0.717, 1.165) is 13.1 Å². The van der Waals surface area contributed by atoms with Crippen LogP contribution in [0.3, 0.4) is 0 Å². The molecule has 2 heterocycles. The van der Waals surface area contributed by atoms with Crippen molar-refractivity contribution < 1.29 is 5.11 Å². The van der Waals surface area contributed by atoms with Crippen LogP contribution in [0, 0.1) is 5.92 Å². The Hall–Kier alpha value is -0.450. The van der Waals surface area contributed by atoms with E-state index in [4.69, 9.17) is 4.98 Å². The third kappa shape index (κ3) is 2.92. The summed E-state index contributed by atoms with van der Waals surface area (Å²) in [6.07, 6.45) is 1.18. The maximum Gasteiger partial charge on any atom is 0.107 e. The van der Waals surface area contributed by atoms with E-state index < -0.39 is 0 Å². The molecular formula is C14H24N2OS. The Kier molecular flexibility index (Phi) is 4.09. The van der Waals surface area contributed by atoms with Crippen molar-refractivity contribution in [3.05, 3.63) is 16.1 Å². The van der Waals surface area contributed by atoms with Gasteiger partial charge in [0.25, 0.3) is 0 Å². The normalized spacial score (nSPS) is 25.8. The lowest BCUT2D eigenvalue weighted by Crippen LogP contribution is -2.34. The SMILES string of the molecule is CC1CCN(Cc2nc(C(C)(C)C)cs2)C1CO. The fourth-order valence-corrected chi connectivity index (χ4v) is 3.53. The molecule has 0 amide bonds. The predicted molar refractivity (Wildman–Crippen MR) is 75.9 cm³/mol. The number of hydrogen-bond acceptors (Lipinski definition) is 4. The van der Waals surface area contributed by atoms with E-state index in [1.807, 2.05) is 0 Å². The van der Waals surface area contributed by atoms with E-state index in [1.54, 1.807) is 11.3 Å². The van der Waals surface area contributed by atoms with E-state index in [9.17, 15) is 5.11 Å². The van der Waals surface area contributed by atoms with Gasteiger partial charge in [0, 0.05) is 16.8 Å². The minimum absolute atomic E-state index is 0.128. The number of likely N-dealkylation sites (tertiary alicyclic amines) is 1. The van der Waals surface area contributed by atoms with Crippen molar-refractivity contribution in [2.45, 2.75) is 52.1 Å². The molecule has 102 valence electrons. The molecule has 0 radical (unpaired) electrons. The van der Waals surface area contributed by atoms with E-state index in [2.05, 4.69) is 38.0 Å². The molecule has 18 heavy (non-hydrogen) atoms. The first-order valence-electron chi connectivity index (χ1n) is 6.71. The zero-order valence-electron chi connectivity index (χ0n) is 11.8. The average molecular weight is 268 g/mol. The Bertz CT molecular complexity index is 397. The molecule has 2 unspecified atom stereocenters. The van der Waals surface area contributed by atoms with Crippen molar-refractivity contribution in [2.75, 3.05) is 13.2 Å². The summed E-state index contributed by atoms with van der Waals surface area (Å²) in [6.45, 7) is 11.0. The molecule has 1 fully saturated rings. The van der Waals surface area contributed by atoms with Gasteiger partial charge < -0.3 is 5.11 Å². The Labute approximate surface area is 114 Å². The zero-order chi connectivity index (χ0) is 13.3. The number of rotatable bonds is 3. The predicted octanol–water partition coefficient (Wildman–Crippen LogP) is 2.64. The summed E-state index contributed by atoms with van der Waals surface area (Å²) in [5, 5.41) is 12.8. The molecule has 0 saturated carbocycles. The topological polar surface area (TPSA) is 36.4 Å². The highest BCUT2D eigenvalue weighted by atomic mass is 32.1. The number of aromatic nitrogens is 1. The van der Waals surface area contributed by atoms with Crippen LogP contribution in [0.25, 0.3) is 0 Å². The van der Waals surface area contributed by atoms with Gasteiger partial charge in [0.15, 0.2) is 0 Å². The highest BCUT2D eigenvalue weighted by molar-refractivity contribution is 7.09. The molecule has 1 N–H and O–H groups in total. The molecule has 1 aliphatic rings. The second kappa shape index (κ2) is 5.27. The number of hydrogen-bond donors (Lipinski definition) is 1. The van der Waals surface area contributed by atoms with Crippen molar-refractivity contribution in [2.24, 2.45) is 5.92 Å². The van der Waals surface area contributed by atoms with Crippen LogP contribution in [0.1, 0.15) is 44.8 Å². The molecule has 4 heteroatoms. The van der Waals surface area contributed by atoms with Gasteiger partial charge in [-0.15, -0.1) is 11.3 Å². The highest BCUT2D eigenvalue weighted by Gasteiger charge is 2.31. The minimum Gasteiger partial charge on any atom is -0.395 e. The van der Waals surface area contributed by atoms with Gasteiger partial charge in [-0.25, -0.2) is 4.98 Å². The third-order valence-electron chi connectivity index (χ3n) is 3.84. The van der Waals surface area contributed by atoms with Gasteiger partial charge >= 0.3 is 0 Å². The summed E-state index contributed by atoms with van der Waals surface area (Å²) in [5.41, 5.74) is 1.30. The molecule has 1 aromatic rings. The number of aliphatic hydroxyl groups is 1. The van der Waals surface area contributed by atoms with Crippen LogP contribution in [0.2, 0.25) is 0 Å². The van der Waals surface area contributed by atoms with E-state index in [1.165, 1.54) is 17.1 Å². The van der Waals surface area contributed by atoms with Crippen molar-refractivity contribution in [1.29, 1.82) is 0 Å². The van der Waals surface area contributed by atoms with Crippen LogP contribution < -0.4 is 0 Å². The minimum atomic E-state index is 0.128. The fourth-order valence-electron chi connectivity index (χ4n) is 2.48. The van der Waals surface area contributed by atoms with Crippen molar-refractivity contribution >= 4 is 11.3 Å². The van der Waals surface area contributed by atoms with Gasteiger partial charge in [0.1, 0.15) is 5.01 Å². The molecule has 3 nitrogen and oxygen atoms in total. The van der Waals surface area contributed by atoms with E-state index in [0.29, 0.717) is 12.0 Å². The Balaban J connectivity index is 2.04. The van der Waals surface area contributed by atoms with Crippen LogP contribution in [0.5, 0.6) is 0 Å². The van der Waals surface area contributed by atoms with Crippen LogP contribution in [0.15, 0.2) is 5.38 Å². The molecule has 0 aromatic carbocycles. The first kappa shape index (κ1) is 14.0. The summed E-state index contributed by atoms with van der Waals surface area (Å²) in [4.78, 5) is 7.10. The Morgan fingerprint density at radius 3 is 2.78 bits per heavy atom.